The molecule has 122 valence electrons. The van der Waals surface area contributed by atoms with Gasteiger partial charge in [-0.2, -0.15) is 0 Å². The third-order valence-corrected chi connectivity index (χ3v) is 4.87. The number of fused-ring (bicyclic) bond motifs is 3. The number of nitrogens with zero attached hydrogens (tertiary/aromatic N) is 1. The van der Waals surface area contributed by atoms with Crippen molar-refractivity contribution in [3.8, 4) is 22.3 Å². The van der Waals surface area contributed by atoms with Gasteiger partial charge >= 0.3 is 0 Å². The standard InChI is InChI=1S/C25H17N/c1-2-8-18(9-3-1)19-14-16-20(17-15-19)26-25-23-12-6-4-10-21(23)22-11-5-7-13-24(22)25/h1-17H. The van der Waals surface area contributed by atoms with Crippen molar-refractivity contribution in [1.29, 1.82) is 0 Å². The molecule has 5 rings (SSSR count). The van der Waals surface area contributed by atoms with E-state index in [1.165, 1.54) is 33.4 Å². The maximum absolute atomic E-state index is 4.99. The van der Waals surface area contributed by atoms with Crippen LogP contribution in [0, 0.1) is 0 Å². The molecule has 0 fully saturated rings. The van der Waals surface area contributed by atoms with Gasteiger partial charge in [0.05, 0.1) is 11.4 Å². The largest absolute Gasteiger partial charge is 0.248 e. The molecule has 0 aliphatic heterocycles. The van der Waals surface area contributed by atoms with Crippen LogP contribution in [0.15, 0.2) is 108 Å². The van der Waals surface area contributed by atoms with Gasteiger partial charge in [0, 0.05) is 11.1 Å². The van der Waals surface area contributed by atoms with Gasteiger partial charge in [-0.1, -0.05) is 91.0 Å². The highest BCUT2D eigenvalue weighted by atomic mass is 14.8. The summed E-state index contributed by atoms with van der Waals surface area (Å²) in [6.45, 7) is 0. The predicted octanol–water partition coefficient (Wildman–Crippen LogP) is 6.50. The molecule has 0 bridgehead atoms. The Labute approximate surface area is 153 Å². The van der Waals surface area contributed by atoms with Gasteiger partial charge in [0.1, 0.15) is 0 Å². The molecule has 0 radical (unpaired) electrons. The van der Waals surface area contributed by atoms with E-state index in [-0.39, 0.29) is 0 Å². The van der Waals surface area contributed by atoms with Gasteiger partial charge in [0.15, 0.2) is 0 Å². The second kappa shape index (κ2) is 6.12. The third kappa shape index (κ3) is 2.46. The van der Waals surface area contributed by atoms with Crippen LogP contribution in [0.1, 0.15) is 11.1 Å². The fraction of sp³-hybridized carbons (Fsp3) is 0. The Morgan fingerprint density at radius 2 is 0.846 bits per heavy atom. The van der Waals surface area contributed by atoms with E-state index in [0.29, 0.717) is 0 Å². The summed E-state index contributed by atoms with van der Waals surface area (Å²) in [7, 11) is 0. The summed E-state index contributed by atoms with van der Waals surface area (Å²) in [4.78, 5) is 4.99. The highest BCUT2D eigenvalue weighted by Crippen LogP contribution is 2.37. The number of rotatable bonds is 2. The molecule has 4 aromatic carbocycles. The first-order chi connectivity index (χ1) is 12.9. The summed E-state index contributed by atoms with van der Waals surface area (Å²) >= 11 is 0. The van der Waals surface area contributed by atoms with Crippen LogP contribution in [0.2, 0.25) is 0 Å². The van der Waals surface area contributed by atoms with Crippen molar-refractivity contribution < 1.29 is 0 Å². The van der Waals surface area contributed by atoms with E-state index < -0.39 is 0 Å². The quantitative estimate of drug-likeness (QED) is 0.350. The molecule has 0 saturated heterocycles. The van der Waals surface area contributed by atoms with Crippen molar-refractivity contribution in [2.45, 2.75) is 0 Å². The van der Waals surface area contributed by atoms with Crippen molar-refractivity contribution in [2.24, 2.45) is 4.99 Å². The molecular formula is C25H17N. The number of benzene rings is 4. The lowest BCUT2D eigenvalue weighted by Crippen LogP contribution is -1.97. The highest BCUT2D eigenvalue weighted by Gasteiger charge is 2.23. The molecule has 4 aromatic rings. The molecule has 1 heteroatoms. The van der Waals surface area contributed by atoms with Gasteiger partial charge < -0.3 is 0 Å². The van der Waals surface area contributed by atoms with Crippen LogP contribution in [-0.4, -0.2) is 5.71 Å². The molecule has 0 N–H and O–H groups in total. The van der Waals surface area contributed by atoms with Gasteiger partial charge in [-0.05, 0) is 34.4 Å². The molecule has 26 heavy (non-hydrogen) atoms. The summed E-state index contributed by atoms with van der Waals surface area (Å²) in [5, 5.41) is 0. The number of hydrogen-bond acceptors (Lipinski definition) is 1. The van der Waals surface area contributed by atoms with Gasteiger partial charge in [-0.25, -0.2) is 4.99 Å². The Bertz CT molecular complexity index is 1060. The van der Waals surface area contributed by atoms with Crippen LogP contribution in [0.5, 0.6) is 0 Å². The van der Waals surface area contributed by atoms with Gasteiger partial charge in [0.25, 0.3) is 0 Å². The molecule has 0 saturated carbocycles. The Balaban J connectivity index is 1.59. The number of hydrogen-bond donors (Lipinski definition) is 0. The van der Waals surface area contributed by atoms with E-state index in [2.05, 4.69) is 97.1 Å². The SMILES string of the molecule is c1ccc(-c2ccc(N=C3c4ccccc4-c4ccccc43)cc2)cc1. The second-order valence-electron chi connectivity index (χ2n) is 6.46. The Kier molecular flexibility index (Phi) is 3.50. The fourth-order valence-corrected chi connectivity index (χ4v) is 3.60. The van der Waals surface area contributed by atoms with Crippen LogP contribution in [0.3, 0.4) is 0 Å². The van der Waals surface area contributed by atoms with Crippen LogP contribution < -0.4 is 0 Å². The van der Waals surface area contributed by atoms with Gasteiger partial charge in [-0.3, -0.25) is 0 Å². The first kappa shape index (κ1) is 14.9. The molecule has 1 aliphatic carbocycles. The molecule has 0 atom stereocenters. The van der Waals surface area contributed by atoms with E-state index in [4.69, 9.17) is 4.99 Å². The smallest absolute Gasteiger partial charge is 0.0794 e. The molecule has 0 unspecified atom stereocenters. The molecular weight excluding hydrogens is 314 g/mol. The van der Waals surface area contributed by atoms with Crippen molar-refractivity contribution in [2.75, 3.05) is 0 Å². The molecule has 0 heterocycles. The molecule has 0 amide bonds. The van der Waals surface area contributed by atoms with Crippen molar-refractivity contribution in [1.82, 2.24) is 0 Å². The van der Waals surface area contributed by atoms with E-state index in [0.717, 1.165) is 11.4 Å². The van der Waals surface area contributed by atoms with Gasteiger partial charge in [-0.15, -0.1) is 0 Å². The first-order valence-corrected chi connectivity index (χ1v) is 8.83. The molecule has 0 aromatic heterocycles. The highest BCUT2D eigenvalue weighted by molar-refractivity contribution is 6.25. The van der Waals surface area contributed by atoms with Crippen molar-refractivity contribution in [3.05, 3.63) is 114 Å². The Morgan fingerprint density at radius 1 is 0.385 bits per heavy atom. The average molecular weight is 331 g/mol. The first-order valence-electron chi connectivity index (χ1n) is 8.83. The van der Waals surface area contributed by atoms with E-state index in [1.54, 1.807) is 0 Å². The summed E-state index contributed by atoms with van der Waals surface area (Å²) in [6.07, 6.45) is 0. The topological polar surface area (TPSA) is 12.4 Å². The van der Waals surface area contributed by atoms with Gasteiger partial charge in [0.2, 0.25) is 0 Å². The lowest BCUT2D eigenvalue weighted by Gasteiger charge is -2.04. The average Bonchev–Trinajstić information content (AvgIpc) is 3.04. The third-order valence-electron chi connectivity index (χ3n) is 4.87. The maximum Gasteiger partial charge on any atom is 0.0794 e. The monoisotopic (exact) mass is 331 g/mol. The van der Waals surface area contributed by atoms with E-state index in [1.807, 2.05) is 6.07 Å². The summed E-state index contributed by atoms with van der Waals surface area (Å²) in [5.41, 5.74) is 9.42. The van der Waals surface area contributed by atoms with Crippen LogP contribution >= 0.6 is 0 Å². The van der Waals surface area contributed by atoms with Crippen molar-refractivity contribution >= 4 is 11.4 Å². The predicted molar refractivity (Wildman–Crippen MR) is 109 cm³/mol. The van der Waals surface area contributed by atoms with Crippen molar-refractivity contribution in [3.63, 3.8) is 0 Å². The summed E-state index contributed by atoms with van der Waals surface area (Å²) in [6, 6.07) is 35.9. The van der Waals surface area contributed by atoms with Crippen LogP contribution in [0.25, 0.3) is 22.3 Å². The minimum Gasteiger partial charge on any atom is -0.248 e. The molecule has 1 nitrogen and oxygen atoms in total. The maximum atomic E-state index is 4.99. The number of aliphatic imine (C=N–C) groups is 1. The molecule has 1 aliphatic rings. The minimum absolute atomic E-state index is 0.978. The minimum atomic E-state index is 0.978. The second-order valence-corrected chi connectivity index (χ2v) is 6.46. The van der Waals surface area contributed by atoms with Crippen LogP contribution in [-0.2, 0) is 0 Å². The fourth-order valence-electron chi connectivity index (χ4n) is 3.60. The Hall–Kier alpha value is -3.45. The lowest BCUT2D eigenvalue weighted by molar-refractivity contribution is 1.50. The Morgan fingerprint density at radius 3 is 1.42 bits per heavy atom. The summed E-state index contributed by atoms with van der Waals surface area (Å²) in [5.74, 6) is 0. The zero-order valence-corrected chi connectivity index (χ0v) is 14.3. The zero-order chi connectivity index (χ0) is 17.3. The zero-order valence-electron chi connectivity index (χ0n) is 14.3. The molecule has 0 spiro atoms. The van der Waals surface area contributed by atoms with E-state index in [9.17, 15) is 0 Å². The van der Waals surface area contributed by atoms with E-state index >= 15 is 0 Å². The van der Waals surface area contributed by atoms with Crippen LogP contribution in [0.4, 0.5) is 5.69 Å². The normalized spacial score (nSPS) is 11.8. The summed E-state index contributed by atoms with van der Waals surface area (Å²) < 4.78 is 0. The lowest BCUT2D eigenvalue weighted by atomic mass is 10.1.